The number of thioether (sulfide) groups is 2. The van der Waals surface area contributed by atoms with E-state index in [2.05, 4.69) is 0 Å². The van der Waals surface area contributed by atoms with Gasteiger partial charge in [-0.2, -0.15) is 0 Å². The summed E-state index contributed by atoms with van der Waals surface area (Å²) in [5, 5.41) is -0.728. The van der Waals surface area contributed by atoms with Crippen LogP contribution < -0.4 is 0 Å². The molecule has 0 saturated carbocycles. The molecule has 0 bridgehead atoms. The summed E-state index contributed by atoms with van der Waals surface area (Å²) in [5.74, 6) is -4.36. The highest BCUT2D eigenvalue weighted by molar-refractivity contribution is 8.01. The Kier molecular flexibility index (Phi) is 9.35. The number of ether oxygens (including phenoxy) is 9. The van der Waals surface area contributed by atoms with Gasteiger partial charge in [0, 0.05) is 27.7 Å². The largest absolute Gasteiger partial charge is 0.465 e. The van der Waals surface area contributed by atoms with Crippen LogP contribution in [0.15, 0.2) is 0 Å². The summed E-state index contributed by atoms with van der Waals surface area (Å²) in [4.78, 5) is 48.0. The highest BCUT2D eigenvalue weighted by atomic mass is 32.2. The van der Waals surface area contributed by atoms with E-state index in [9.17, 15) is 19.2 Å². The molecule has 0 aromatic rings. The predicted octanol–water partition coefficient (Wildman–Crippen LogP) is 1.87. The Labute approximate surface area is 240 Å². The number of carbonyl (C=O) groups excluding carboxylic acids is 4. The third kappa shape index (κ3) is 7.23. The first-order chi connectivity index (χ1) is 18.5. The van der Waals surface area contributed by atoms with E-state index in [0.717, 1.165) is 11.8 Å². The van der Waals surface area contributed by atoms with Crippen molar-refractivity contribution in [2.75, 3.05) is 6.61 Å². The molecule has 4 saturated heterocycles. The fourth-order valence-electron chi connectivity index (χ4n) is 5.12. The zero-order valence-corrected chi connectivity index (χ0v) is 25.2. The Balaban J connectivity index is 1.67. The second-order valence-corrected chi connectivity index (χ2v) is 13.3. The highest BCUT2D eigenvalue weighted by Crippen LogP contribution is 2.51. The van der Waals surface area contributed by atoms with Crippen molar-refractivity contribution in [1.29, 1.82) is 0 Å². The predicted molar refractivity (Wildman–Crippen MR) is 139 cm³/mol. The van der Waals surface area contributed by atoms with Gasteiger partial charge in [0.2, 0.25) is 0 Å². The molecule has 0 amide bonds. The first-order valence-electron chi connectivity index (χ1n) is 12.9. The van der Waals surface area contributed by atoms with Gasteiger partial charge in [-0.25, -0.2) is 0 Å². The molecule has 226 valence electrons. The fourth-order valence-corrected chi connectivity index (χ4v) is 8.06. The van der Waals surface area contributed by atoms with Crippen LogP contribution in [0.2, 0.25) is 0 Å². The lowest BCUT2D eigenvalue weighted by Crippen LogP contribution is -2.60. The Morgan fingerprint density at radius 2 is 1.15 bits per heavy atom. The lowest BCUT2D eigenvalue weighted by atomic mass is 10.0. The maximum absolute atomic E-state index is 12.2. The van der Waals surface area contributed by atoms with Crippen LogP contribution >= 0.6 is 23.5 Å². The van der Waals surface area contributed by atoms with Gasteiger partial charge in [0.25, 0.3) is 0 Å². The van der Waals surface area contributed by atoms with Crippen LogP contribution in [0.4, 0.5) is 0 Å². The lowest BCUT2D eigenvalue weighted by molar-refractivity contribution is -0.197. The number of hydrogen-bond donors (Lipinski definition) is 0. The van der Waals surface area contributed by atoms with Gasteiger partial charge in [-0.15, -0.1) is 11.8 Å². The zero-order valence-electron chi connectivity index (χ0n) is 23.6. The van der Waals surface area contributed by atoms with Crippen LogP contribution in [-0.2, 0) is 61.8 Å². The van der Waals surface area contributed by atoms with Gasteiger partial charge in [-0.3, -0.25) is 19.2 Å². The van der Waals surface area contributed by atoms with Crippen LogP contribution in [0.25, 0.3) is 0 Å². The average Bonchev–Trinajstić information content (AvgIpc) is 3.29. The average molecular weight is 609 g/mol. The summed E-state index contributed by atoms with van der Waals surface area (Å²) in [6, 6.07) is 0. The van der Waals surface area contributed by atoms with Crippen molar-refractivity contribution in [3.05, 3.63) is 0 Å². The summed E-state index contributed by atoms with van der Waals surface area (Å²) < 4.78 is 53.1. The molecule has 4 fully saturated rings. The van der Waals surface area contributed by atoms with Crippen molar-refractivity contribution in [3.8, 4) is 0 Å². The number of fused-ring (bicyclic) bond motifs is 3. The van der Waals surface area contributed by atoms with E-state index in [4.69, 9.17) is 42.6 Å². The van der Waals surface area contributed by atoms with Crippen molar-refractivity contribution in [2.45, 2.75) is 125 Å². The quantitative estimate of drug-likeness (QED) is 0.305. The van der Waals surface area contributed by atoms with E-state index in [-0.39, 0.29) is 6.61 Å². The van der Waals surface area contributed by atoms with E-state index in [1.54, 1.807) is 13.8 Å². The number of hydrogen-bond acceptors (Lipinski definition) is 15. The lowest BCUT2D eigenvalue weighted by Gasteiger charge is -2.46. The van der Waals surface area contributed by atoms with E-state index in [0.29, 0.717) is 0 Å². The van der Waals surface area contributed by atoms with E-state index in [1.165, 1.54) is 39.5 Å². The fraction of sp³-hybridized carbons (Fsp3) is 0.840. The summed E-state index contributed by atoms with van der Waals surface area (Å²) in [5.41, 5.74) is -2.11. The molecule has 4 rings (SSSR count). The molecule has 4 aliphatic rings. The van der Waals surface area contributed by atoms with Crippen LogP contribution in [-0.4, -0.2) is 100 Å². The third-order valence-electron chi connectivity index (χ3n) is 6.33. The molecule has 13 nitrogen and oxygen atoms in total. The minimum atomic E-state index is -1.25. The minimum Gasteiger partial charge on any atom is -0.465 e. The maximum atomic E-state index is 12.2. The van der Waals surface area contributed by atoms with Crippen molar-refractivity contribution in [3.63, 3.8) is 0 Å². The smallest absolute Gasteiger partial charge is 0.303 e. The SMILES string of the molecule is CC(=O)OC[C@H]1S[C@H](O[C@H]2S[C@@H]3OC(C)(C)O[C@@H]3[C@H]3OC(C)(C)O[C@@H]32)[C@H](OC(C)=O)[C@@H](OC(C)=O)[C@@H]1OC(C)=O. The van der Waals surface area contributed by atoms with Gasteiger partial charge in [0.15, 0.2) is 29.9 Å². The molecule has 0 aliphatic carbocycles. The Morgan fingerprint density at radius 3 is 1.75 bits per heavy atom. The molecule has 0 unspecified atom stereocenters. The van der Waals surface area contributed by atoms with Crippen LogP contribution in [0.1, 0.15) is 55.4 Å². The van der Waals surface area contributed by atoms with Crippen LogP contribution in [0, 0.1) is 0 Å². The molecule has 0 N–H and O–H groups in total. The van der Waals surface area contributed by atoms with Gasteiger partial charge in [-0.1, -0.05) is 11.8 Å². The first kappa shape index (κ1) is 31.3. The zero-order chi connectivity index (χ0) is 29.6. The second-order valence-electron chi connectivity index (χ2n) is 10.7. The Bertz CT molecular complexity index is 1000. The third-order valence-corrected chi connectivity index (χ3v) is 9.01. The monoisotopic (exact) mass is 608 g/mol. The Hall–Kier alpha value is -1.62. The molecule has 0 aromatic carbocycles. The molecular formula is C25H36O13S2. The molecule has 10 atom stereocenters. The van der Waals surface area contributed by atoms with Crippen LogP contribution in [0.3, 0.4) is 0 Å². The van der Waals surface area contributed by atoms with Crippen molar-refractivity contribution < 1.29 is 61.8 Å². The molecular weight excluding hydrogens is 572 g/mol. The first-order valence-corrected chi connectivity index (χ1v) is 14.8. The second kappa shape index (κ2) is 11.9. The summed E-state index contributed by atoms with van der Waals surface area (Å²) >= 11 is 2.47. The molecule has 0 spiro atoms. The van der Waals surface area contributed by atoms with E-state index < -0.39 is 93.6 Å². The maximum Gasteiger partial charge on any atom is 0.303 e. The van der Waals surface area contributed by atoms with E-state index >= 15 is 0 Å². The standard InChI is InChI=1S/C25H36O13S2/c1-10(26)30-9-14-15(31-11(2)27)16(32-12(3)28)18(33-13(4)29)21(39-14)34-22-19-17(35-24(5,6)36-19)20-23(40-22)38-25(7,8)37-20/h14-23H,9H2,1-8H3/t14-,15-,16+,17+,18-,19+,20-,21+,22+,23+/m1/s1. The van der Waals surface area contributed by atoms with Crippen molar-refractivity contribution in [2.24, 2.45) is 0 Å². The molecule has 40 heavy (non-hydrogen) atoms. The normalized spacial score (nSPS) is 39.4. The molecule has 15 heteroatoms. The Morgan fingerprint density at radius 1 is 0.625 bits per heavy atom. The molecule has 0 aromatic heterocycles. The number of rotatable bonds is 7. The van der Waals surface area contributed by atoms with Crippen molar-refractivity contribution >= 4 is 47.4 Å². The topological polar surface area (TPSA) is 151 Å². The number of esters is 4. The van der Waals surface area contributed by atoms with Crippen LogP contribution in [0.5, 0.6) is 0 Å². The summed E-state index contributed by atoms with van der Waals surface area (Å²) in [7, 11) is 0. The highest BCUT2D eigenvalue weighted by Gasteiger charge is 2.62. The number of carbonyl (C=O) groups is 4. The minimum absolute atomic E-state index is 0.186. The van der Waals surface area contributed by atoms with Gasteiger partial charge < -0.3 is 42.6 Å². The van der Waals surface area contributed by atoms with Gasteiger partial charge in [-0.05, 0) is 27.7 Å². The molecule has 4 aliphatic heterocycles. The van der Waals surface area contributed by atoms with E-state index in [1.807, 2.05) is 13.8 Å². The summed E-state index contributed by atoms with van der Waals surface area (Å²) in [6.07, 6.45) is -5.09. The molecule has 0 radical (unpaired) electrons. The van der Waals surface area contributed by atoms with Crippen molar-refractivity contribution in [1.82, 2.24) is 0 Å². The summed E-state index contributed by atoms with van der Waals surface area (Å²) in [6.45, 7) is 11.8. The van der Waals surface area contributed by atoms with Gasteiger partial charge in [0.1, 0.15) is 41.2 Å². The van der Waals surface area contributed by atoms with Gasteiger partial charge >= 0.3 is 23.9 Å². The van der Waals surface area contributed by atoms with Gasteiger partial charge in [0.05, 0.1) is 5.25 Å². The molecule has 4 heterocycles.